The number of benzene rings is 3. The Morgan fingerprint density at radius 1 is 1.12 bits per heavy atom. The van der Waals surface area contributed by atoms with Crippen LogP contribution in [0.25, 0.3) is 6.08 Å². The van der Waals surface area contributed by atoms with Gasteiger partial charge in [0.25, 0.3) is 5.91 Å². The summed E-state index contributed by atoms with van der Waals surface area (Å²) in [4.78, 5) is 12.6. The van der Waals surface area contributed by atoms with Crippen molar-refractivity contribution in [2.24, 2.45) is 0 Å². The van der Waals surface area contributed by atoms with Gasteiger partial charge in [0.2, 0.25) is 0 Å². The monoisotopic (exact) mass is 602 g/mol. The molecule has 0 aliphatic rings. The molecule has 32 heavy (non-hydrogen) atoms. The maximum atomic E-state index is 12.6. The van der Waals surface area contributed by atoms with Crippen molar-refractivity contribution in [3.63, 3.8) is 0 Å². The largest absolute Gasteiger partial charge is 0.493 e. The van der Waals surface area contributed by atoms with Crippen molar-refractivity contribution in [1.29, 1.82) is 5.26 Å². The highest BCUT2D eigenvalue weighted by Crippen LogP contribution is 2.35. The van der Waals surface area contributed by atoms with Gasteiger partial charge in [-0.25, -0.2) is 0 Å². The summed E-state index contributed by atoms with van der Waals surface area (Å²) in [5, 5.41) is 12.3. The van der Waals surface area contributed by atoms with Crippen molar-refractivity contribution in [2.45, 2.75) is 13.5 Å². The van der Waals surface area contributed by atoms with Crippen LogP contribution >= 0.6 is 38.5 Å². The Morgan fingerprint density at radius 2 is 1.81 bits per heavy atom. The number of anilines is 1. The molecule has 0 heterocycles. The molecule has 0 aromatic heterocycles. The minimum Gasteiger partial charge on any atom is -0.493 e. The maximum Gasteiger partial charge on any atom is 0.266 e. The number of hydrogen-bond acceptors (Lipinski definition) is 4. The first-order valence-corrected chi connectivity index (χ1v) is 11.5. The number of rotatable bonds is 7. The zero-order chi connectivity index (χ0) is 23.1. The van der Waals surface area contributed by atoms with Gasteiger partial charge < -0.3 is 14.8 Å². The highest BCUT2D eigenvalue weighted by atomic mass is 127. The zero-order valence-corrected chi connectivity index (χ0v) is 21.2. The van der Waals surface area contributed by atoms with E-state index in [1.807, 2.05) is 49.4 Å². The van der Waals surface area contributed by atoms with Crippen LogP contribution in [0.3, 0.4) is 0 Å². The number of hydrogen-bond donors (Lipinski definition) is 1. The van der Waals surface area contributed by atoms with Gasteiger partial charge >= 0.3 is 0 Å². The molecular weight excluding hydrogens is 583 g/mol. The normalized spacial score (nSPS) is 10.9. The van der Waals surface area contributed by atoms with E-state index >= 15 is 0 Å². The second-order valence-electron chi connectivity index (χ2n) is 6.93. The molecule has 162 valence electrons. The third-order valence-electron chi connectivity index (χ3n) is 4.56. The van der Waals surface area contributed by atoms with Gasteiger partial charge in [0.1, 0.15) is 18.2 Å². The molecule has 3 rings (SSSR count). The molecule has 0 aliphatic heterocycles. The fraction of sp³-hybridized carbons (Fsp3) is 0.120. The number of carbonyl (C=O) groups is 1. The average molecular weight is 603 g/mol. The summed E-state index contributed by atoms with van der Waals surface area (Å²) >= 11 is 5.76. The first-order chi connectivity index (χ1) is 15.4. The minimum absolute atomic E-state index is 0.0270. The van der Waals surface area contributed by atoms with Gasteiger partial charge in [0.15, 0.2) is 11.5 Å². The first-order valence-electron chi connectivity index (χ1n) is 9.64. The average Bonchev–Trinajstić information content (AvgIpc) is 2.79. The second-order valence-corrected chi connectivity index (χ2v) is 9.03. The summed E-state index contributed by atoms with van der Waals surface area (Å²) in [6.45, 7) is 2.35. The van der Waals surface area contributed by atoms with E-state index in [-0.39, 0.29) is 5.57 Å². The summed E-state index contributed by atoms with van der Waals surface area (Å²) in [5.74, 6) is 0.570. The van der Waals surface area contributed by atoms with Crippen molar-refractivity contribution in [1.82, 2.24) is 0 Å². The molecule has 0 aliphatic carbocycles. The van der Waals surface area contributed by atoms with Crippen molar-refractivity contribution < 1.29 is 14.3 Å². The van der Waals surface area contributed by atoms with Gasteiger partial charge in [0, 0.05) is 13.7 Å². The Bertz CT molecular complexity index is 1180. The Labute approximate surface area is 209 Å². The quantitative estimate of drug-likeness (QED) is 0.190. The Hall–Kier alpha value is -2.83. The zero-order valence-electron chi connectivity index (χ0n) is 17.5. The highest BCUT2D eigenvalue weighted by molar-refractivity contribution is 14.1. The van der Waals surface area contributed by atoms with Gasteiger partial charge in [-0.05, 0) is 83.1 Å². The minimum atomic E-state index is -0.485. The smallest absolute Gasteiger partial charge is 0.266 e. The summed E-state index contributed by atoms with van der Waals surface area (Å²) in [7, 11) is 1.55. The van der Waals surface area contributed by atoms with E-state index in [0.717, 1.165) is 14.7 Å². The number of methoxy groups -OCH3 is 1. The molecule has 1 N–H and O–H groups in total. The first kappa shape index (κ1) is 23.8. The van der Waals surface area contributed by atoms with Gasteiger partial charge in [-0.2, -0.15) is 5.26 Å². The predicted molar refractivity (Wildman–Crippen MR) is 138 cm³/mol. The molecular formula is C25H20BrIN2O3. The van der Waals surface area contributed by atoms with E-state index in [4.69, 9.17) is 9.47 Å². The van der Waals surface area contributed by atoms with Crippen LogP contribution in [-0.4, -0.2) is 13.0 Å². The van der Waals surface area contributed by atoms with Gasteiger partial charge in [-0.3, -0.25) is 4.79 Å². The third kappa shape index (κ3) is 6.34. The number of nitrogens with one attached hydrogen (secondary N) is 1. The lowest BCUT2D eigenvalue weighted by molar-refractivity contribution is -0.112. The Balaban J connectivity index is 1.80. The number of nitrogens with zero attached hydrogens (tertiary/aromatic N) is 1. The third-order valence-corrected chi connectivity index (χ3v) is 5.97. The molecule has 3 aromatic rings. The molecule has 5 nitrogen and oxygen atoms in total. The van der Waals surface area contributed by atoms with Crippen molar-refractivity contribution in [2.75, 3.05) is 12.4 Å². The van der Waals surface area contributed by atoms with Crippen LogP contribution in [-0.2, 0) is 11.4 Å². The summed E-state index contributed by atoms with van der Waals surface area (Å²) in [6.07, 6.45) is 1.51. The van der Waals surface area contributed by atoms with Crippen LogP contribution in [0.4, 0.5) is 5.69 Å². The molecule has 0 bridgehead atoms. The molecule has 0 unspecified atom stereocenters. The molecule has 1 amide bonds. The van der Waals surface area contributed by atoms with E-state index < -0.39 is 5.91 Å². The van der Waals surface area contributed by atoms with E-state index in [1.54, 1.807) is 31.4 Å². The predicted octanol–water partition coefficient (Wildman–Crippen LogP) is 6.50. The maximum absolute atomic E-state index is 12.6. The molecule has 0 fully saturated rings. The number of aryl methyl sites for hydroxylation is 1. The van der Waals surface area contributed by atoms with Crippen molar-refractivity contribution in [3.05, 3.63) is 91.0 Å². The lowest BCUT2D eigenvalue weighted by Crippen LogP contribution is -2.13. The number of amides is 1. The van der Waals surface area contributed by atoms with Gasteiger partial charge in [-0.1, -0.05) is 45.8 Å². The van der Waals surface area contributed by atoms with E-state index in [2.05, 4.69) is 43.8 Å². The topological polar surface area (TPSA) is 71.3 Å². The second kappa shape index (κ2) is 11.2. The van der Waals surface area contributed by atoms with Crippen LogP contribution in [0.5, 0.6) is 11.5 Å². The van der Waals surface area contributed by atoms with Crippen LogP contribution in [0.1, 0.15) is 16.7 Å². The Morgan fingerprint density at radius 3 is 2.44 bits per heavy atom. The van der Waals surface area contributed by atoms with E-state index in [9.17, 15) is 10.1 Å². The molecule has 3 aromatic carbocycles. The number of nitriles is 1. The Kier molecular flexibility index (Phi) is 8.31. The fourth-order valence-electron chi connectivity index (χ4n) is 2.81. The molecule has 0 radical (unpaired) electrons. The molecule has 0 spiro atoms. The molecule has 0 saturated heterocycles. The molecule has 0 atom stereocenters. The summed E-state index contributed by atoms with van der Waals surface area (Å²) < 4.78 is 13.2. The summed E-state index contributed by atoms with van der Waals surface area (Å²) in [6, 6.07) is 20.9. The van der Waals surface area contributed by atoms with E-state index in [0.29, 0.717) is 33.8 Å². The lowest BCUT2D eigenvalue weighted by atomic mass is 10.1. The van der Waals surface area contributed by atoms with Crippen LogP contribution in [0, 0.1) is 21.8 Å². The van der Waals surface area contributed by atoms with Crippen LogP contribution < -0.4 is 14.8 Å². The van der Waals surface area contributed by atoms with E-state index in [1.165, 1.54) is 6.08 Å². The van der Waals surface area contributed by atoms with Crippen LogP contribution in [0.2, 0.25) is 0 Å². The van der Waals surface area contributed by atoms with Crippen molar-refractivity contribution >= 4 is 56.2 Å². The molecule has 7 heteroatoms. The fourth-order valence-corrected chi connectivity index (χ4v) is 3.61. The van der Waals surface area contributed by atoms with Gasteiger partial charge in [-0.15, -0.1) is 0 Å². The lowest BCUT2D eigenvalue weighted by Gasteiger charge is -2.13. The van der Waals surface area contributed by atoms with Crippen LogP contribution in [0.15, 0.2) is 70.7 Å². The summed E-state index contributed by atoms with van der Waals surface area (Å²) in [5.41, 5.74) is 3.34. The number of ether oxygens (including phenoxy) is 2. The standard InChI is InChI=1S/C25H20BrIN2O3/c1-16-3-9-21(10-4-16)29-25(30)19(14-28)11-18-12-23(31-2)24(13-22(18)26)32-15-17-5-7-20(27)8-6-17/h3-13H,15H2,1-2H3,(H,29,30)/b19-11+. The number of halogens is 2. The molecule has 0 saturated carbocycles. The number of carbonyl (C=O) groups excluding carboxylic acids is 1. The van der Waals surface area contributed by atoms with Gasteiger partial charge in [0.05, 0.1) is 7.11 Å². The SMILES string of the molecule is COc1cc(/C=C(\C#N)C(=O)Nc2ccc(C)cc2)c(Br)cc1OCc1ccc(I)cc1. The highest BCUT2D eigenvalue weighted by Gasteiger charge is 2.14. The van der Waals surface area contributed by atoms with Crippen molar-refractivity contribution in [3.8, 4) is 17.6 Å².